The molecule has 0 aliphatic carbocycles. The lowest BCUT2D eigenvalue weighted by Gasteiger charge is -2.20. The van der Waals surface area contributed by atoms with Crippen molar-refractivity contribution in [2.75, 3.05) is 5.32 Å². The molecule has 0 bridgehead atoms. The van der Waals surface area contributed by atoms with E-state index in [1.54, 1.807) is 12.1 Å². The van der Waals surface area contributed by atoms with Crippen molar-refractivity contribution in [1.29, 1.82) is 0 Å². The van der Waals surface area contributed by atoms with Crippen LogP contribution in [0.25, 0.3) is 0 Å². The molecule has 0 aliphatic heterocycles. The van der Waals surface area contributed by atoms with Gasteiger partial charge in [-0.3, -0.25) is 0 Å². The number of rotatable bonds is 10. The fraction of sp³-hybridized carbons (Fsp3) is 0.647. The van der Waals surface area contributed by atoms with Crippen LogP contribution in [0.3, 0.4) is 0 Å². The molecule has 0 unspecified atom stereocenters. The van der Waals surface area contributed by atoms with Gasteiger partial charge in [-0.15, -0.1) is 0 Å². The quantitative estimate of drug-likeness (QED) is 0.491. The van der Waals surface area contributed by atoms with Gasteiger partial charge in [-0.05, 0) is 31.0 Å². The molecule has 1 nitrogen and oxygen atoms in total. The van der Waals surface area contributed by atoms with Crippen LogP contribution in [0.4, 0.5) is 10.1 Å². The van der Waals surface area contributed by atoms with E-state index < -0.39 is 0 Å². The molecule has 1 N–H and O–H groups in total. The third-order valence-electron chi connectivity index (χ3n) is 3.60. The Morgan fingerprint density at radius 3 is 2.15 bits per heavy atom. The molecular weight excluding hydrogens is 273 g/mol. The summed E-state index contributed by atoms with van der Waals surface area (Å²) >= 11 is 5.79. The van der Waals surface area contributed by atoms with Crippen molar-refractivity contribution in [2.45, 2.75) is 71.3 Å². The second-order valence-corrected chi connectivity index (χ2v) is 5.89. The molecule has 0 fully saturated rings. The van der Waals surface area contributed by atoms with Gasteiger partial charge < -0.3 is 5.32 Å². The van der Waals surface area contributed by atoms with Crippen molar-refractivity contribution in [3.8, 4) is 0 Å². The number of hydrogen-bond donors (Lipinski definition) is 1. The molecule has 0 saturated carbocycles. The molecule has 0 aromatic heterocycles. The van der Waals surface area contributed by atoms with Gasteiger partial charge in [0.1, 0.15) is 5.82 Å². The van der Waals surface area contributed by atoms with Crippen LogP contribution in [0.2, 0.25) is 5.02 Å². The first-order chi connectivity index (χ1) is 9.67. The zero-order chi connectivity index (χ0) is 14.8. The molecule has 20 heavy (non-hydrogen) atoms. The molecule has 1 aromatic carbocycles. The molecule has 0 amide bonds. The van der Waals surface area contributed by atoms with Crippen LogP contribution in [-0.2, 0) is 0 Å². The zero-order valence-corrected chi connectivity index (χ0v) is 13.5. The topological polar surface area (TPSA) is 12.0 Å². The van der Waals surface area contributed by atoms with Gasteiger partial charge in [0.15, 0.2) is 0 Å². The van der Waals surface area contributed by atoms with Crippen molar-refractivity contribution >= 4 is 17.3 Å². The van der Waals surface area contributed by atoms with Gasteiger partial charge in [-0.2, -0.15) is 0 Å². The van der Waals surface area contributed by atoms with Crippen molar-refractivity contribution in [1.82, 2.24) is 0 Å². The van der Waals surface area contributed by atoms with Crippen LogP contribution in [-0.4, -0.2) is 6.04 Å². The fourth-order valence-corrected chi connectivity index (χ4v) is 2.56. The maximum absolute atomic E-state index is 13.8. The lowest BCUT2D eigenvalue weighted by atomic mass is 10.0. The van der Waals surface area contributed by atoms with Crippen molar-refractivity contribution < 1.29 is 4.39 Å². The van der Waals surface area contributed by atoms with Crippen LogP contribution >= 0.6 is 11.6 Å². The summed E-state index contributed by atoms with van der Waals surface area (Å²) in [6.07, 6.45) is 9.56. The van der Waals surface area contributed by atoms with Crippen LogP contribution in [0, 0.1) is 5.82 Å². The largest absolute Gasteiger partial charge is 0.380 e. The Kier molecular flexibility index (Phi) is 8.68. The van der Waals surface area contributed by atoms with E-state index in [2.05, 4.69) is 19.2 Å². The monoisotopic (exact) mass is 299 g/mol. The predicted molar refractivity (Wildman–Crippen MR) is 87.1 cm³/mol. The molecular formula is C17H27ClFN. The first-order valence-electron chi connectivity index (χ1n) is 7.89. The normalized spacial score (nSPS) is 11.1. The number of nitrogens with one attached hydrogen (secondary N) is 1. The lowest BCUT2D eigenvalue weighted by Crippen LogP contribution is -2.20. The molecule has 114 valence electrons. The molecule has 1 aromatic rings. The van der Waals surface area contributed by atoms with Crippen molar-refractivity contribution in [2.24, 2.45) is 0 Å². The summed E-state index contributed by atoms with van der Waals surface area (Å²) in [4.78, 5) is 0. The Morgan fingerprint density at radius 2 is 1.65 bits per heavy atom. The molecule has 0 aliphatic rings. The summed E-state index contributed by atoms with van der Waals surface area (Å²) in [5, 5.41) is 3.80. The first-order valence-corrected chi connectivity index (χ1v) is 8.26. The molecule has 0 saturated heterocycles. The average Bonchev–Trinajstić information content (AvgIpc) is 2.42. The van der Waals surface area contributed by atoms with E-state index in [0.29, 0.717) is 16.8 Å². The smallest absolute Gasteiger partial charge is 0.147 e. The van der Waals surface area contributed by atoms with Gasteiger partial charge in [0.05, 0.1) is 5.69 Å². The summed E-state index contributed by atoms with van der Waals surface area (Å²) in [5.41, 5.74) is 0.576. The molecule has 0 radical (unpaired) electrons. The molecule has 0 atom stereocenters. The molecule has 0 spiro atoms. The first kappa shape index (κ1) is 17.3. The van der Waals surface area contributed by atoms with E-state index >= 15 is 0 Å². The van der Waals surface area contributed by atoms with E-state index in [1.165, 1.54) is 44.6 Å². The summed E-state index contributed by atoms with van der Waals surface area (Å²) in [5.74, 6) is -0.256. The average molecular weight is 300 g/mol. The number of benzene rings is 1. The second kappa shape index (κ2) is 10.0. The third-order valence-corrected chi connectivity index (χ3v) is 3.84. The fourth-order valence-electron chi connectivity index (χ4n) is 2.40. The summed E-state index contributed by atoms with van der Waals surface area (Å²) in [6, 6.07) is 5.22. The summed E-state index contributed by atoms with van der Waals surface area (Å²) < 4.78 is 13.8. The van der Waals surface area contributed by atoms with Gasteiger partial charge in [0.25, 0.3) is 0 Å². The highest BCUT2D eigenvalue weighted by Crippen LogP contribution is 2.22. The Bertz CT molecular complexity index is 371. The van der Waals surface area contributed by atoms with Crippen LogP contribution in [0.5, 0.6) is 0 Å². The minimum Gasteiger partial charge on any atom is -0.380 e. The van der Waals surface area contributed by atoms with Gasteiger partial charge in [0, 0.05) is 11.1 Å². The Labute approximate surface area is 127 Å². The van der Waals surface area contributed by atoms with Crippen LogP contribution < -0.4 is 5.32 Å². The SMILES string of the molecule is CCCCCC(CCCCC)Nc1ccc(Cl)cc1F. The van der Waals surface area contributed by atoms with Crippen LogP contribution in [0.15, 0.2) is 18.2 Å². The van der Waals surface area contributed by atoms with Gasteiger partial charge in [0.2, 0.25) is 0 Å². The van der Waals surface area contributed by atoms with Crippen LogP contribution in [0.1, 0.15) is 65.2 Å². The second-order valence-electron chi connectivity index (χ2n) is 5.46. The standard InChI is InChI=1S/C17H27ClFN/c1-3-5-7-9-15(10-8-6-4-2)20-17-12-11-14(18)13-16(17)19/h11-13,15,20H,3-10H2,1-2H3. The maximum Gasteiger partial charge on any atom is 0.147 e. The van der Waals surface area contributed by atoms with E-state index in [0.717, 1.165) is 12.8 Å². The minimum absolute atomic E-state index is 0.256. The Hall–Kier alpha value is -0.760. The molecule has 3 heteroatoms. The summed E-state index contributed by atoms with van der Waals surface area (Å²) in [6.45, 7) is 4.41. The number of anilines is 1. The van der Waals surface area contributed by atoms with E-state index in [-0.39, 0.29) is 5.82 Å². The highest BCUT2D eigenvalue weighted by Gasteiger charge is 2.11. The van der Waals surface area contributed by atoms with Crippen molar-refractivity contribution in [3.63, 3.8) is 0 Å². The number of halogens is 2. The maximum atomic E-state index is 13.8. The van der Waals surface area contributed by atoms with Crippen molar-refractivity contribution in [3.05, 3.63) is 29.0 Å². The Morgan fingerprint density at radius 1 is 1.05 bits per heavy atom. The van der Waals surface area contributed by atoms with E-state index in [9.17, 15) is 4.39 Å². The zero-order valence-electron chi connectivity index (χ0n) is 12.7. The highest BCUT2D eigenvalue weighted by atomic mass is 35.5. The minimum atomic E-state index is -0.256. The van der Waals surface area contributed by atoms with Gasteiger partial charge >= 0.3 is 0 Å². The van der Waals surface area contributed by atoms with E-state index in [1.807, 2.05) is 0 Å². The number of unbranched alkanes of at least 4 members (excludes halogenated alkanes) is 4. The highest BCUT2D eigenvalue weighted by molar-refractivity contribution is 6.30. The summed E-state index contributed by atoms with van der Waals surface area (Å²) in [7, 11) is 0. The molecule has 0 heterocycles. The van der Waals surface area contributed by atoms with Gasteiger partial charge in [-0.1, -0.05) is 64.0 Å². The predicted octanol–water partition coefficient (Wildman–Crippen LogP) is 6.42. The molecule has 1 rings (SSSR count). The lowest BCUT2D eigenvalue weighted by molar-refractivity contribution is 0.522. The van der Waals surface area contributed by atoms with Gasteiger partial charge in [-0.25, -0.2) is 4.39 Å². The Balaban J connectivity index is 2.56. The third kappa shape index (κ3) is 6.60. The van der Waals surface area contributed by atoms with E-state index in [4.69, 9.17) is 11.6 Å². The number of hydrogen-bond acceptors (Lipinski definition) is 1.